The number of rotatable bonds is 7. The van der Waals surface area contributed by atoms with Gasteiger partial charge in [-0.15, -0.1) is 23.7 Å². The van der Waals surface area contributed by atoms with E-state index in [0.717, 1.165) is 22.5 Å². The minimum Gasteiger partial charge on any atom is -0.337 e. The fraction of sp³-hybridized carbons (Fsp3) is 0.150. The molecule has 1 aromatic carbocycles. The lowest BCUT2D eigenvalue weighted by atomic mass is 10.3. The van der Waals surface area contributed by atoms with Crippen molar-refractivity contribution in [3.05, 3.63) is 71.2 Å². The number of thiophene rings is 1. The molecule has 5 nitrogen and oxygen atoms in total. The fourth-order valence-corrected chi connectivity index (χ4v) is 4.40. The molecule has 3 heterocycles. The van der Waals surface area contributed by atoms with Crippen LogP contribution in [0.3, 0.4) is 0 Å². The smallest absolute Gasteiger partial charge is 0.252 e. The molecule has 0 saturated carbocycles. The summed E-state index contributed by atoms with van der Waals surface area (Å²) in [7, 11) is 0. The zero-order chi connectivity index (χ0) is 19.3. The molecular formula is C20H18ClFN4OS2. The second-order valence-electron chi connectivity index (χ2n) is 6.10. The predicted molar refractivity (Wildman–Crippen MR) is 119 cm³/mol. The topological polar surface area (TPSA) is 51.0 Å². The van der Waals surface area contributed by atoms with Crippen molar-refractivity contribution >= 4 is 62.4 Å². The SMILES string of the molecule is Cl.O=C(/C=C/c1cccs1)N(CCCn1ccnc1)c1nc2ccc(F)cc2s1. The summed E-state index contributed by atoms with van der Waals surface area (Å²) in [5.41, 5.74) is 0.691. The molecule has 0 atom stereocenters. The number of imidazole rings is 1. The number of amides is 1. The zero-order valence-corrected chi connectivity index (χ0v) is 17.7. The van der Waals surface area contributed by atoms with E-state index in [1.54, 1.807) is 40.9 Å². The van der Waals surface area contributed by atoms with E-state index >= 15 is 0 Å². The summed E-state index contributed by atoms with van der Waals surface area (Å²) in [6.45, 7) is 1.26. The van der Waals surface area contributed by atoms with Crippen molar-refractivity contribution in [2.45, 2.75) is 13.0 Å². The highest BCUT2D eigenvalue weighted by atomic mass is 35.5. The lowest BCUT2D eigenvalue weighted by Crippen LogP contribution is -2.30. The first kappa shape index (κ1) is 21.2. The number of benzene rings is 1. The number of anilines is 1. The van der Waals surface area contributed by atoms with E-state index in [1.807, 2.05) is 34.4 Å². The number of hydrogen-bond acceptors (Lipinski definition) is 5. The molecule has 0 spiro atoms. The van der Waals surface area contributed by atoms with Gasteiger partial charge in [0.25, 0.3) is 5.91 Å². The fourth-order valence-electron chi connectivity index (χ4n) is 2.76. The van der Waals surface area contributed by atoms with Crippen molar-refractivity contribution < 1.29 is 9.18 Å². The number of hydrogen-bond donors (Lipinski definition) is 0. The van der Waals surface area contributed by atoms with E-state index in [-0.39, 0.29) is 24.1 Å². The van der Waals surface area contributed by atoms with Crippen molar-refractivity contribution in [1.29, 1.82) is 0 Å². The summed E-state index contributed by atoms with van der Waals surface area (Å²) in [6, 6.07) is 8.37. The van der Waals surface area contributed by atoms with Crippen LogP contribution >= 0.6 is 35.1 Å². The lowest BCUT2D eigenvalue weighted by Gasteiger charge is -2.18. The highest BCUT2D eigenvalue weighted by Crippen LogP contribution is 2.30. The maximum atomic E-state index is 13.5. The Labute approximate surface area is 181 Å². The second kappa shape index (κ2) is 9.78. The average Bonchev–Trinajstić information content (AvgIpc) is 3.44. The third-order valence-electron chi connectivity index (χ3n) is 4.13. The molecule has 4 aromatic rings. The van der Waals surface area contributed by atoms with Gasteiger partial charge in [-0.1, -0.05) is 17.4 Å². The molecule has 0 saturated heterocycles. The predicted octanol–water partition coefficient (Wildman–Crippen LogP) is 5.25. The molecule has 0 aliphatic carbocycles. The lowest BCUT2D eigenvalue weighted by molar-refractivity contribution is -0.114. The Morgan fingerprint density at radius 1 is 1.31 bits per heavy atom. The zero-order valence-electron chi connectivity index (χ0n) is 15.3. The molecule has 0 fully saturated rings. The quantitative estimate of drug-likeness (QED) is 0.363. The van der Waals surface area contributed by atoms with E-state index in [4.69, 9.17) is 0 Å². The van der Waals surface area contributed by atoms with Crippen molar-refractivity contribution in [2.24, 2.45) is 0 Å². The largest absolute Gasteiger partial charge is 0.337 e. The Bertz CT molecular complexity index is 1090. The molecule has 0 bridgehead atoms. The molecular weight excluding hydrogens is 431 g/mol. The van der Waals surface area contributed by atoms with Crippen LogP contribution in [0.15, 0.2) is 60.5 Å². The molecule has 29 heavy (non-hydrogen) atoms. The summed E-state index contributed by atoms with van der Waals surface area (Å²) < 4.78 is 16.2. The Balaban J connectivity index is 0.00000240. The normalized spacial score (nSPS) is 11.1. The van der Waals surface area contributed by atoms with Crippen LogP contribution in [0.2, 0.25) is 0 Å². The van der Waals surface area contributed by atoms with Crippen LogP contribution in [0.5, 0.6) is 0 Å². The number of aromatic nitrogens is 3. The van der Waals surface area contributed by atoms with E-state index in [0.29, 0.717) is 17.2 Å². The van der Waals surface area contributed by atoms with Gasteiger partial charge >= 0.3 is 0 Å². The Hall–Kier alpha value is -2.55. The molecule has 0 radical (unpaired) electrons. The average molecular weight is 449 g/mol. The molecule has 4 rings (SSSR count). The van der Waals surface area contributed by atoms with Gasteiger partial charge in [0, 0.05) is 36.4 Å². The van der Waals surface area contributed by atoms with Crippen molar-refractivity contribution in [3.63, 3.8) is 0 Å². The van der Waals surface area contributed by atoms with Crippen molar-refractivity contribution in [1.82, 2.24) is 14.5 Å². The molecule has 150 valence electrons. The monoisotopic (exact) mass is 448 g/mol. The first-order valence-corrected chi connectivity index (χ1v) is 10.4. The number of carbonyl (C=O) groups excluding carboxylic acids is 1. The molecule has 0 aliphatic heterocycles. The van der Waals surface area contributed by atoms with Crippen LogP contribution < -0.4 is 4.90 Å². The molecule has 0 unspecified atom stereocenters. The van der Waals surface area contributed by atoms with Gasteiger partial charge in [-0.2, -0.15) is 0 Å². The van der Waals surface area contributed by atoms with Crippen LogP contribution in [0, 0.1) is 5.82 Å². The third kappa shape index (κ3) is 5.29. The van der Waals surface area contributed by atoms with Gasteiger partial charge in [-0.25, -0.2) is 14.4 Å². The van der Waals surface area contributed by atoms with Crippen LogP contribution in [0.1, 0.15) is 11.3 Å². The molecule has 0 aliphatic rings. The van der Waals surface area contributed by atoms with Gasteiger partial charge in [0.2, 0.25) is 0 Å². The number of nitrogens with zero attached hydrogens (tertiary/aromatic N) is 4. The molecule has 1 amide bonds. The van der Waals surface area contributed by atoms with Gasteiger partial charge in [-0.3, -0.25) is 9.69 Å². The number of thiazole rings is 1. The van der Waals surface area contributed by atoms with Gasteiger partial charge in [-0.05, 0) is 42.1 Å². The van der Waals surface area contributed by atoms with Gasteiger partial charge in [0.1, 0.15) is 5.82 Å². The first-order chi connectivity index (χ1) is 13.7. The Kier molecular flexibility index (Phi) is 7.13. The third-order valence-corrected chi connectivity index (χ3v) is 6.01. The minimum atomic E-state index is -0.307. The van der Waals surface area contributed by atoms with Crippen molar-refractivity contribution in [2.75, 3.05) is 11.4 Å². The Morgan fingerprint density at radius 2 is 2.21 bits per heavy atom. The summed E-state index contributed by atoms with van der Waals surface area (Å²) in [5.74, 6) is -0.447. The summed E-state index contributed by atoms with van der Waals surface area (Å²) in [5, 5.41) is 2.54. The number of fused-ring (bicyclic) bond motifs is 1. The maximum Gasteiger partial charge on any atom is 0.252 e. The van der Waals surface area contributed by atoms with Gasteiger partial charge < -0.3 is 4.57 Å². The highest BCUT2D eigenvalue weighted by Gasteiger charge is 2.18. The molecule has 0 N–H and O–H groups in total. The van der Waals surface area contributed by atoms with Crippen LogP contribution in [-0.4, -0.2) is 27.0 Å². The van der Waals surface area contributed by atoms with Gasteiger partial charge in [0.15, 0.2) is 5.13 Å². The minimum absolute atomic E-state index is 0. The Morgan fingerprint density at radius 3 is 2.97 bits per heavy atom. The number of halogens is 2. The first-order valence-electron chi connectivity index (χ1n) is 8.74. The van der Waals surface area contributed by atoms with E-state index in [1.165, 1.54) is 23.5 Å². The van der Waals surface area contributed by atoms with Crippen LogP contribution in [0.25, 0.3) is 16.3 Å². The van der Waals surface area contributed by atoms with E-state index in [9.17, 15) is 9.18 Å². The molecule has 9 heteroatoms. The van der Waals surface area contributed by atoms with Crippen LogP contribution in [0.4, 0.5) is 9.52 Å². The summed E-state index contributed by atoms with van der Waals surface area (Å²) >= 11 is 2.89. The maximum absolute atomic E-state index is 13.5. The van der Waals surface area contributed by atoms with Gasteiger partial charge in [0.05, 0.1) is 16.5 Å². The highest BCUT2D eigenvalue weighted by molar-refractivity contribution is 7.22. The number of aryl methyl sites for hydroxylation is 1. The summed E-state index contributed by atoms with van der Waals surface area (Å²) in [4.78, 5) is 24.1. The standard InChI is InChI=1S/C20H17FN4OS2.ClH/c21-15-4-6-17-18(13-15)28-20(23-17)25(10-2-9-24-11-8-22-14-24)19(26)7-5-16-3-1-12-27-16;/h1,3-8,11-14H,2,9-10H2;1H/b7-5+;. The van der Waals surface area contributed by atoms with Crippen LogP contribution in [-0.2, 0) is 11.3 Å². The second-order valence-corrected chi connectivity index (χ2v) is 8.09. The number of carbonyl (C=O) groups is 1. The molecule has 3 aromatic heterocycles. The van der Waals surface area contributed by atoms with E-state index < -0.39 is 0 Å². The van der Waals surface area contributed by atoms with E-state index in [2.05, 4.69) is 9.97 Å². The summed E-state index contributed by atoms with van der Waals surface area (Å²) in [6.07, 6.45) is 9.50. The van der Waals surface area contributed by atoms with Crippen molar-refractivity contribution in [3.8, 4) is 0 Å².